The standard InChI is InChI=1S/C29H34N2O4/c1-3-22(17-20-7-5-4-6-8-20)31-16-14-21(26(19-31)29(33)34)9-12-28(32)24-13-15-30-27-11-10-23(35-2)18-25(24)27/h3-8,10-11,13,15,18,21,26,28,32H,9,12,14,16-17,19H2,1-2H3,(H,33,34)/t21-,26+,28+/m1/s1. The van der Waals surface area contributed by atoms with E-state index in [2.05, 4.69) is 28.1 Å². The third-order valence-electron chi connectivity index (χ3n) is 7.19. The highest BCUT2D eigenvalue weighted by Crippen LogP contribution is 2.35. The highest BCUT2D eigenvalue weighted by atomic mass is 16.5. The van der Waals surface area contributed by atoms with Gasteiger partial charge in [0.15, 0.2) is 0 Å². The molecule has 0 radical (unpaired) electrons. The van der Waals surface area contributed by atoms with Crippen LogP contribution >= 0.6 is 0 Å². The molecule has 4 rings (SSSR count). The number of carboxylic acids is 1. The van der Waals surface area contributed by atoms with E-state index in [9.17, 15) is 15.0 Å². The Labute approximate surface area is 206 Å². The smallest absolute Gasteiger partial charge is 0.308 e. The number of carbonyl (C=O) groups is 1. The van der Waals surface area contributed by atoms with E-state index in [1.807, 2.05) is 49.4 Å². The second-order valence-corrected chi connectivity index (χ2v) is 9.26. The van der Waals surface area contributed by atoms with E-state index >= 15 is 0 Å². The van der Waals surface area contributed by atoms with Crippen LogP contribution in [-0.2, 0) is 11.2 Å². The number of aromatic nitrogens is 1. The Morgan fingerprint density at radius 2 is 2.03 bits per heavy atom. The van der Waals surface area contributed by atoms with Crippen molar-refractivity contribution in [3.63, 3.8) is 0 Å². The molecule has 0 unspecified atom stereocenters. The Morgan fingerprint density at radius 1 is 1.23 bits per heavy atom. The molecule has 0 saturated carbocycles. The molecule has 0 spiro atoms. The van der Waals surface area contributed by atoms with Crippen molar-refractivity contribution < 1.29 is 19.7 Å². The third-order valence-corrected chi connectivity index (χ3v) is 7.19. The van der Waals surface area contributed by atoms with Crippen LogP contribution in [0.15, 0.2) is 72.6 Å². The quantitative estimate of drug-likeness (QED) is 0.442. The maximum atomic E-state index is 12.2. The van der Waals surface area contributed by atoms with Crippen molar-refractivity contribution in [2.45, 2.75) is 38.7 Å². The molecule has 35 heavy (non-hydrogen) atoms. The number of fused-ring (bicyclic) bond motifs is 1. The molecule has 1 aromatic heterocycles. The third kappa shape index (κ3) is 5.82. The molecule has 0 bridgehead atoms. The molecule has 0 aliphatic carbocycles. The number of rotatable bonds is 9. The fraction of sp³-hybridized carbons (Fsp3) is 0.379. The summed E-state index contributed by atoms with van der Waals surface area (Å²) in [6.45, 7) is 3.34. The van der Waals surface area contributed by atoms with Gasteiger partial charge in [-0.3, -0.25) is 9.78 Å². The van der Waals surface area contributed by atoms with Gasteiger partial charge in [-0.2, -0.15) is 0 Å². The maximum absolute atomic E-state index is 12.2. The number of aliphatic hydroxyl groups is 1. The van der Waals surface area contributed by atoms with Gasteiger partial charge in [-0.15, -0.1) is 0 Å². The number of hydrogen-bond donors (Lipinski definition) is 2. The summed E-state index contributed by atoms with van der Waals surface area (Å²) in [7, 11) is 1.62. The topological polar surface area (TPSA) is 82.9 Å². The van der Waals surface area contributed by atoms with Crippen LogP contribution in [0.3, 0.4) is 0 Å². The Bertz CT molecular complexity index is 1180. The van der Waals surface area contributed by atoms with Crippen LogP contribution in [0.4, 0.5) is 0 Å². The zero-order chi connectivity index (χ0) is 24.8. The lowest BCUT2D eigenvalue weighted by Crippen LogP contribution is -2.43. The lowest BCUT2D eigenvalue weighted by Gasteiger charge is -2.39. The summed E-state index contributed by atoms with van der Waals surface area (Å²) in [5.74, 6) is -0.483. The minimum absolute atomic E-state index is 0.0240. The van der Waals surface area contributed by atoms with Gasteiger partial charge in [-0.25, -0.2) is 0 Å². The van der Waals surface area contributed by atoms with Crippen LogP contribution in [0, 0.1) is 11.8 Å². The minimum atomic E-state index is -0.761. The summed E-state index contributed by atoms with van der Waals surface area (Å²) in [5.41, 5.74) is 3.99. The van der Waals surface area contributed by atoms with Crippen molar-refractivity contribution in [1.82, 2.24) is 9.88 Å². The van der Waals surface area contributed by atoms with Crippen molar-refractivity contribution in [3.05, 3.63) is 83.7 Å². The van der Waals surface area contributed by atoms with Crippen LogP contribution in [-0.4, -0.2) is 46.3 Å². The van der Waals surface area contributed by atoms with Crippen molar-refractivity contribution in [2.24, 2.45) is 11.8 Å². The van der Waals surface area contributed by atoms with Gasteiger partial charge in [-0.1, -0.05) is 36.4 Å². The highest BCUT2D eigenvalue weighted by Gasteiger charge is 2.35. The van der Waals surface area contributed by atoms with Gasteiger partial charge in [-0.05, 0) is 67.5 Å². The van der Waals surface area contributed by atoms with E-state index in [4.69, 9.17) is 4.74 Å². The summed E-state index contributed by atoms with van der Waals surface area (Å²) >= 11 is 0. The van der Waals surface area contributed by atoms with Crippen LogP contribution in [0.25, 0.3) is 10.9 Å². The molecule has 6 nitrogen and oxygen atoms in total. The average Bonchev–Trinajstić information content (AvgIpc) is 2.90. The Balaban J connectivity index is 1.43. The average molecular weight is 475 g/mol. The number of pyridine rings is 1. The van der Waals surface area contributed by atoms with Crippen LogP contribution in [0.5, 0.6) is 5.75 Å². The summed E-state index contributed by atoms with van der Waals surface area (Å²) in [6, 6.07) is 17.7. The predicted octanol–water partition coefficient (Wildman–Crippen LogP) is 5.23. The number of aliphatic hydroxyl groups excluding tert-OH is 1. The fourth-order valence-corrected chi connectivity index (χ4v) is 5.18. The number of aliphatic carboxylic acids is 1. The van der Waals surface area contributed by atoms with E-state index < -0.39 is 18.0 Å². The molecule has 0 amide bonds. The highest BCUT2D eigenvalue weighted by molar-refractivity contribution is 5.83. The number of benzene rings is 2. The summed E-state index contributed by atoms with van der Waals surface area (Å²) in [5, 5.41) is 21.9. The predicted molar refractivity (Wildman–Crippen MR) is 137 cm³/mol. The number of methoxy groups -OCH3 is 1. The first-order chi connectivity index (χ1) is 17.0. The molecule has 1 fully saturated rings. The molecule has 2 aromatic carbocycles. The van der Waals surface area contributed by atoms with Gasteiger partial charge in [0.25, 0.3) is 0 Å². The summed E-state index contributed by atoms with van der Waals surface area (Å²) in [6.07, 6.45) is 5.86. The van der Waals surface area contributed by atoms with Gasteiger partial charge in [0.2, 0.25) is 0 Å². The molecule has 2 heterocycles. The van der Waals surface area contributed by atoms with Gasteiger partial charge in [0, 0.05) is 36.8 Å². The molecule has 6 heteroatoms. The molecule has 184 valence electrons. The van der Waals surface area contributed by atoms with Gasteiger partial charge in [0.1, 0.15) is 5.75 Å². The second-order valence-electron chi connectivity index (χ2n) is 9.26. The largest absolute Gasteiger partial charge is 0.497 e. The number of allylic oxidation sites excluding steroid dienone is 2. The second kappa shape index (κ2) is 11.4. The molecular weight excluding hydrogens is 440 g/mol. The number of likely N-dealkylation sites (tertiary alicyclic amines) is 1. The molecule has 1 aliphatic rings. The van der Waals surface area contributed by atoms with E-state index in [1.165, 1.54) is 5.56 Å². The number of ether oxygens (including phenoxy) is 1. The van der Waals surface area contributed by atoms with E-state index in [-0.39, 0.29) is 5.92 Å². The number of carboxylic acid groups (broad SMARTS) is 1. The lowest BCUT2D eigenvalue weighted by atomic mass is 9.81. The lowest BCUT2D eigenvalue weighted by molar-refractivity contribution is -0.146. The van der Waals surface area contributed by atoms with Gasteiger partial charge in [0.05, 0.1) is 24.6 Å². The SMILES string of the molecule is CC=C(Cc1ccccc1)N1CC[C@@H](CC[C@H](O)c2ccnc3ccc(OC)cc23)[C@@H](C(=O)O)C1. The van der Waals surface area contributed by atoms with Crippen molar-refractivity contribution in [2.75, 3.05) is 20.2 Å². The van der Waals surface area contributed by atoms with Gasteiger partial charge < -0.3 is 19.8 Å². The fourth-order valence-electron chi connectivity index (χ4n) is 5.18. The molecule has 3 atom stereocenters. The zero-order valence-corrected chi connectivity index (χ0v) is 20.4. The van der Waals surface area contributed by atoms with Gasteiger partial charge >= 0.3 is 5.97 Å². The van der Waals surface area contributed by atoms with Crippen LogP contribution < -0.4 is 4.74 Å². The minimum Gasteiger partial charge on any atom is -0.497 e. The summed E-state index contributed by atoms with van der Waals surface area (Å²) in [4.78, 5) is 18.8. The van der Waals surface area contributed by atoms with Crippen LogP contribution in [0.2, 0.25) is 0 Å². The molecule has 3 aromatic rings. The van der Waals surface area contributed by atoms with Crippen molar-refractivity contribution in [3.8, 4) is 5.75 Å². The Kier molecular flexibility index (Phi) is 8.03. The van der Waals surface area contributed by atoms with Crippen LogP contribution in [0.1, 0.15) is 43.4 Å². The van der Waals surface area contributed by atoms with Crippen molar-refractivity contribution in [1.29, 1.82) is 0 Å². The van der Waals surface area contributed by atoms with E-state index in [1.54, 1.807) is 13.3 Å². The number of piperidine rings is 1. The molecule has 2 N–H and O–H groups in total. The zero-order valence-electron chi connectivity index (χ0n) is 20.4. The number of nitrogens with zero attached hydrogens (tertiary/aromatic N) is 2. The first-order valence-corrected chi connectivity index (χ1v) is 12.3. The van der Waals surface area contributed by atoms with Crippen molar-refractivity contribution >= 4 is 16.9 Å². The Hall–Kier alpha value is -3.38. The normalized spacial score (nSPS) is 19.5. The number of hydrogen-bond acceptors (Lipinski definition) is 5. The molecule has 1 aliphatic heterocycles. The molecule has 1 saturated heterocycles. The maximum Gasteiger partial charge on any atom is 0.308 e. The first kappa shape index (κ1) is 24.7. The first-order valence-electron chi connectivity index (χ1n) is 12.3. The summed E-state index contributed by atoms with van der Waals surface area (Å²) < 4.78 is 5.34. The van der Waals surface area contributed by atoms with E-state index in [0.717, 1.165) is 41.5 Å². The Morgan fingerprint density at radius 3 is 2.74 bits per heavy atom. The molecular formula is C29H34N2O4. The van der Waals surface area contributed by atoms with E-state index in [0.29, 0.717) is 25.1 Å². The monoisotopic (exact) mass is 474 g/mol.